The number of rotatable bonds is 3. The van der Waals surface area contributed by atoms with E-state index in [1.807, 2.05) is 24.3 Å². The molecule has 2 aromatic heterocycles. The van der Waals surface area contributed by atoms with Crippen molar-refractivity contribution in [1.82, 2.24) is 14.5 Å². The third kappa shape index (κ3) is 2.36. The first-order valence-electron chi connectivity index (χ1n) is 7.01. The molecule has 0 saturated carbocycles. The van der Waals surface area contributed by atoms with Crippen molar-refractivity contribution in [2.45, 2.75) is 26.4 Å². The minimum atomic E-state index is -0.127. The molecule has 3 aromatic rings. The number of pyridine rings is 1. The van der Waals surface area contributed by atoms with Gasteiger partial charge in [-0.1, -0.05) is 12.1 Å². The Kier molecular flexibility index (Phi) is 3.35. The first-order valence-corrected chi connectivity index (χ1v) is 7.01. The van der Waals surface area contributed by atoms with Crippen molar-refractivity contribution in [2.75, 3.05) is 0 Å². The van der Waals surface area contributed by atoms with Gasteiger partial charge in [0.2, 0.25) is 5.56 Å². The number of aromatic amines is 1. The Hall–Kier alpha value is -2.40. The van der Waals surface area contributed by atoms with Crippen molar-refractivity contribution in [2.24, 2.45) is 5.73 Å². The summed E-state index contributed by atoms with van der Waals surface area (Å²) in [4.78, 5) is 19.1. The van der Waals surface area contributed by atoms with Crippen LogP contribution < -0.4 is 11.3 Å². The molecule has 21 heavy (non-hydrogen) atoms. The maximum absolute atomic E-state index is 11.6. The van der Waals surface area contributed by atoms with Gasteiger partial charge in [-0.3, -0.25) is 4.79 Å². The summed E-state index contributed by atoms with van der Waals surface area (Å²) in [6.07, 6.45) is 0. The third-order valence-corrected chi connectivity index (χ3v) is 3.52. The van der Waals surface area contributed by atoms with Crippen LogP contribution in [0.3, 0.4) is 0 Å². The molecule has 0 atom stereocenters. The number of nitrogens with two attached hydrogens (primary N) is 1. The molecule has 0 fully saturated rings. The molecule has 0 aliphatic heterocycles. The molecule has 0 aliphatic rings. The van der Waals surface area contributed by atoms with Gasteiger partial charge in [0.05, 0.1) is 16.7 Å². The predicted molar refractivity (Wildman–Crippen MR) is 84.1 cm³/mol. The third-order valence-electron chi connectivity index (χ3n) is 3.52. The monoisotopic (exact) mass is 282 g/mol. The van der Waals surface area contributed by atoms with Gasteiger partial charge < -0.3 is 15.3 Å². The summed E-state index contributed by atoms with van der Waals surface area (Å²) in [5.74, 6) is 0.770. The molecule has 1 aromatic carbocycles. The minimum Gasteiger partial charge on any atom is -0.326 e. The van der Waals surface area contributed by atoms with E-state index in [1.165, 1.54) is 6.07 Å². The highest BCUT2D eigenvalue weighted by Gasteiger charge is 2.15. The number of aromatic nitrogens is 3. The zero-order valence-electron chi connectivity index (χ0n) is 12.1. The molecule has 0 bridgehead atoms. The van der Waals surface area contributed by atoms with Crippen LogP contribution in [0.4, 0.5) is 0 Å². The average molecular weight is 282 g/mol. The number of benzene rings is 1. The lowest BCUT2D eigenvalue weighted by atomic mass is 10.2. The molecule has 108 valence electrons. The fourth-order valence-corrected chi connectivity index (χ4v) is 2.56. The van der Waals surface area contributed by atoms with Crippen molar-refractivity contribution in [1.29, 1.82) is 0 Å². The minimum absolute atomic E-state index is 0.127. The topological polar surface area (TPSA) is 76.7 Å². The lowest BCUT2D eigenvalue weighted by Gasteiger charge is -2.13. The molecule has 3 N–H and O–H groups in total. The second kappa shape index (κ2) is 5.18. The van der Waals surface area contributed by atoms with E-state index in [9.17, 15) is 4.79 Å². The highest BCUT2D eigenvalue weighted by molar-refractivity contribution is 5.81. The van der Waals surface area contributed by atoms with Crippen LogP contribution in [0.15, 0.2) is 41.2 Å². The van der Waals surface area contributed by atoms with Gasteiger partial charge in [0.1, 0.15) is 0 Å². The van der Waals surface area contributed by atoms with Crippen molar-refractivity contribution < 1.29 is 0 Å². The molecular weight excluding hydrogens is 264 g/mol. The highest BCUT2D eigenvalue weighted by atomic mass is 16.1. The quantitative estimate of drug-likeness (QED) is 0.774. The Morgan fingerprint density at radius 3 is 2.76 bits per heavy atom. The molecule has 0 aliphatic carbocycles. The van der Waals surface area contributed by atoms with Gasteiger partial charge in [-0.2, -0.15) is 0 Å². The number of fused-ring (bicyclic) bond motifs is 1. The molecule has 2 heterocycles. The highest BCUT2D eigenvalue weighted by Crippen LogP contribution is 2.27. The summed E-state index contributed by atoms with van der Waals surface area (Å²) in [6.45, 7) is 4.69. The van der Waals surface area contributed by atoms with Crippen LogP contribution in [0.1, 0.15) is 25.5 Å². The molecule has 0 saturated heterocycles. The Balaban J connectivity index is 2.31. The summed E-state index contributed by atoms with van der Waals surface area (Å²) in [5.41, 5.74) is 9.27. The number of nitrogens with zero attached hydrogens (tertiary/aromatic N) is 2. The van der Waals surface area contributed by atoms with E-state index < -0.39 is 0 Å². The van der Waals surface area contributed by atoms with Gasteiger partial charge in [0.15, 0.2) is 5.82 Å². The maximum atomic E-state index is 11.6. The van der Waals surface area contributed by atoms with Gasteiger partial charge in [0.25, 0.3) is 0 Å². The second-order valence-corrected chi connectivity index (χ2v) is 5.36. The number of nitrogens with one attached hydrogen (secondary N) is 1. The fraction of sp³-hybridized carbons (Fsp3) is 0.250. The molecule has 5 heteroatoms. The van der Waals surface area contributed by atoms with Crippen molar-refractivity contribution in [3.8, 4) is 11.5 Å². The van der Waals surface area contributed by atoms with Crippen LogP contribution in [0.5, 0.6) is 0 Å². The average Bonchev–Trinajstić information content (AvgIpc) is 2.85. The van der Waals surface area contributed by atoms with E-state index in [0.29, 0.717) is 6.54 Å². The fourth-order valence-electron chi connectivity index (χ4n) is 2.56. The van der Waals surface area contributed by atoms with E-state index >= 15 is 0 Å². The van der Waals surface area contributed by atoms with E-state index in [4.69, 9.17) is 10.7 Å². The van der Waals surface area contributed by atoms with E-state index in [1.54, 1.807) is 6.07 Å². The summed E-state index contributed by atoms with van der Waals surface area (Å²) in [5, 5.41) is 0. The SMILES string of the molecule is CC(C)n1c(-c2cccc(=O)[nH]2)nc2cc(CN)ccc21. The van der Waals surface area contributed by atoms with Gasteiger partial charge >= 0.3 is 0 Å². The van der Waals surface area contributed by atoms with Crippen LogP contribution >= 0.6 is 0 Å². The molecule has 0 unspecified atom stereocenters. The molecule has 0 spiro atoms. The van der Waals surface area contributed by atoms with Crippen LogP contribution in [0.25, 0.3) is 22.6 Å². The van der Waals surface area contributed by atoms with Gasteiger partial charge in [-0.05, 0) is 37.6 Å². The summed E-state index contributed by atoms with van der Waals surface area (Å²) in [6, 6.07) is 11.4. The zero-order valence-corrected chi connectivity index (χ0v) is 12.1. The molecular formula is C16H18N4O. The molecule has 5 nitrogen and oxygen atoms in total. The van der Waals surface area contributed by atoms with Gasteiger partial charge in [0, 0.05) is 18.7 Å². The Morgan fingerprint density at radius 2 is 2.10 bits per heavy atom. The lowest BCUT2D eigenvalue weighted by Crippen LogP contribution is -2.08. The van der Waals surface area contributed by atoms with E-state index in [-0.39, 0.29) is 11.6 Å². The van der Waals surface area contributed by atoms with Crippen molar-refractivity contribution in [3.63, 3.8) is 0 Å². The van der Waals surface area contributed by atoms with Crippen molar-refractivity contribution in [3.05, 3.63) is 52.3 Å². The lowest BCUT2D eigenvalue weighted by molar-refractivity contribution is 0.623. The van der Waals surface area contributed by atoms with Crippen LogP contribution in [0, 0.1) is 0 Å². The van der Waals surface area contributed by atoms with Crippen molar-refractivity contribution >= 4 is 11.0 Å². The number of hydrogen-bond donors (Lipinski definition) is 2. The smallest absolute Gasteiger partial charge is 0.248 e. The molecule has 0 radical (unpaired) electrons. The number of imidazole rings is 1. The molecule has 0 amide bonds. The van der Waals surface area contributed by atoms with Gasteiger partial charge in [-0.15, -0.1) is 0 Å². The standard InChI is InChI=1S/C16H18N4O/c1-10(2)20-14-7-6-11(9-17)8-13(14)19-16(20)12-4-3-5-15(21)18-12/h3-8,10H,9,17H2,1-2H3,(H,18,21). The maximum Gasteiger partial charge on any atom is 0.248 e. The van der Waals surface area contributed by atoms with Crippen LogP contribution in [0.2, 0.25) is 0 Å². The van der Waals surface area contributed by atoms with E-state index in [2.05, 4.69) is 23.4 Å². The number of H-pyrrole nitrogens is 1. The normalized spacial score (nSPS) is 11.4. The summed E-state index contributed by atoms with van der Waals surface area (Å²) >= 11 is 0. The summed E-state index contributed by atoms with van der Waals surface area (Å²) in [7, 11) is 0. The Bertz CT molecular complexity index is 845. The largest absolute Gasteiger partial charge is 0.326 e. The van der Waals surface area contributed by atoms with E-state index in [0.717, 1.165) is 28.1 Å². The zero-order chi connectivity index (χ0) is 15.0. The predicted octanol–water partition coefficient (Wildman–Crippen LogP) is 2.43. The van der Waals surface area contributed by atoms with Crippen LogP contribution in [-0.4, -0.2) is 14.5 Å². The van der Waals surface area contributed by atoms with Gasteiger partial charge in [-0.25, -0.2) is 4.98 Å². The number of hydrogen-bond acceptors (Lipinski definition) is 3. The Labute approximate surface area is 122 Å². The summed E-state index contributed by atoms with van der Waals surface area (Å²) < 4.78 is 2.13. The second-order valence-electron chi connectivity index (χ2n) is 5.36. The molecule has 3 rings (SSSR count). The first-order chi connectivity index (χ1) is 10.1. The van der Waals surface area contributed by atoms with Crippen LogP contribution in [-0.2, 0) is 6.54 Å². The first kappa shape index (κ1) is 13.6. The Morgan fingerprint density at radius 1 is 1.29 bits per heavy atom.